The van der Waals surface area contributed by atoms with Gasteiger partial charge in [0, 0.05) is 53.9 Å². The second-order valence-electron chi connectivity index (χ2n) is 13.9. The van der Waals surface area contributed by atoms with Crippen LogP contribution in [0.1, 0.15) is 24.0 Å². The summed E-state index contributed by atoms with van der Waals surface area (Å²) in [5.41, 5.74) is -11.5. The zero-order valence-electron chi connectivity index (χ0n) is 31.9. The van der Waals surface area contributed by atoms with Crippen LogP contribution in [0.15, 0.2) is 72.8 Å². The third kappa shape index (κ3) is 6.29. The third-order valence-corrected chi connectivity index (χ3v) is 12.5. The molecule has 8 aromatic rings. The number of rotatable bonds is 13. The number of benzene rings is 8. The van der Waals surface area contributed by atoms with Crippen molar-refractivity contribution in [3.63, 3.8) is 0 Å². The van der Waals surface area contributed by atoms with E-state index in [0.29, 0.717) is 65.4 Å². The lowest BCUT2D eigenvalue weighted by Crippen LogP contribution is -2.28. The molecule has 18 heteroatoms. The molecule has 8 aromatic carbocycles. The van der Waals surface area contributed by atoms with E-state index in [0.717, 1.165) is 0 Å². The number of alkyl halides is 6. The normalized spacial score (nSPS) is 13.0. The molecule has 8 rings (SSSR count). The van der Waals surface area contributed by atoms with Gasteiger partial charge in [-0.15, -0.1) is 0 Å². The van der Waals surface area contributed by atoms with E-state index in [1.807, 2.05) is 0 Å². The smallest absolute Gasteiger partial charge is 0.492 e. The molecule has 0 unspecified atom stereocenters. The first-order valence-corrected chi connectivity index (χ1v) is 20.9. The monoisotopic (exact) mass is 874 g/mol. The summed E-state index contributed by atoms with van der Waals surface area (Å²) >= 11 is 0. The number of halogens is 6. The van der Waals surface area contributed by atoms with E-state index >= 15 is 0 Å². The van der Waals surface area contributed by atoms with E-state index in [-0.39, 0.29) is 59.1 Å². The van der Waals surface area contributed by atoms with Gasteiger partial charge in [-0.05, 0) is 71.8 Å². The van der Waals surface area contributed by atoms with Crippen LogP contribution in [0, 0.1) is 0 Å². The number of aryl methyl sites for hydroxylation is 2. The lowest BCUT2D eigenvalue weighted by Gasteiger charge is -2.22. The SMILES string of the molecule is COc1c(OC)c2cc(CCCCc3cc4c(OC)c(OC)c5cccc6ccc(c3OS(=O)(=O)C(F)(F)F)c4c65)c(OS(=O)(=O)C(F)(F)F)c3ccc4cccc1c4c32. The fourth-order valence-corrected chi connectivity index (χ4v) is 9.24. The quantitative estimate of drug-likeness (QED) is 0.0364. The van der Waals surface area contributed by atoms with E-state index in [9.17, 15) is 43.2 Å². The Hall–Kier alpha value is -5.88. The summed E-state index contributed by atoms with van der Waals surface area (Å²) in [5.74, 6) is -0.0305. The molecule has 0 aliphatic heterocycles. The lowest BCUT2D eigenvalue weighted by atomic mass is 9.89. The zero-order chi connectivity index (χ0) is 43.1. The van der Waals surface area contributed by atoms with Crippen LogP contribution in [0.25, 0.3) is 64.6 Å². The molecular formula is C42H32F6O10S2. The number of hydrogen-bond donors (Lipinski definition) is 0. The molecule has 0 aliphatic carbocycles. The summed E-state index contributed by atoms with van der Waals surface area (Å²) in [6.07, 6.45) is -0.0843. The number of hydrogen-bond acceptors (Lipinski definition) is 10. The van der Waals surface area contributed by atoms with Gasteiger partial charge in [0.1, 0.15) is 0 Å². The van der Waals surface area contributed by atoms with Crippen molar-refractivity contribution in [1.29, 1.82) is 0 Å². The van der Waals surface area contributed by atoms with E-state index in [1.54, 1.807) is 48.5 Å². The molecule has 60 heavy (non-hydrogen) atoms. The highest BCUT2D eigenvalue weighted by Crippen LogP contribution is 2.52. The van der Waals surface area contributed by atoms with Crippen molar-refractivity contribution < 1.29 is 70.5 Å². The Morgan fingerprint density at radius 3 is 1.10 bits per heavy atom. The van der Waals surface area contributed by atoms with Gasteiger partial charge < -0.3 is 27.3 Å². The van der Waals surface area contributed by atoms with Crippen molar-refractivity contribution in [2.45, 2.75) is 36.7 Å². The Bertz CT molecular complexity index is 3000. The average Bonchev–Trinajstić information content (AvgIpc) is 3.20. The molecule has 0 saturated carbocycles. The molecule has 314 valence electrons. The first-order chi connectivity index (χ1) is 28.4. The van der Waals surface area contributed by atoms with Gasteiger partial charge in [-0.25, -0.2) is 0 Å². The molecule has 0 fully saturated rings. The molecule has 0 N–H and O–H groups in total. The maximum atomic E-state index is 13.9. The Balaban J connectivity index is 1.27. The van der Waals surface area contributed by atoms with Crippen molar-refractivity contribution >= 4 is 84.9 Å². The Kier molecular flexibility index (Phi) is 9.81. The van der Waals surface area contributed by atoms with Gasteiger partial charge in [-0.2, -0.15) is 43.2 Å². The van der Waals surface area contributed by atoms with Crippen molar-refractivity contribution in [2.24, 2.45) is 0 Å². The van der Waals surface area contributed by atoms with Gasteiger partial charge in [0.15, 0.2) is 34.5 Å². The van der Waals surface area contributed by atoms with Crippen molar-refractivity contribution in [3.05, 3.63) is 83.9 Å². The number of ether oxygens (including phenoxy) is 4. The Morgan fingerprint density at radius 2 is 0.767 bits per heavy atom. The molecule has 10 nitrogen and oxygen atoms in total. The first kappa shape index (κ1) is 40.9. The van der Waals surface area contributed by atoms with Crippen LogP contribution in [-0.2, 0) is 33.1 Å². The van der Waals surface area contributed by atoms with Crippen LogP contribution in [0.5, 0.6) is 34.5 Å². The second-order valence-corrected chi connectivity index (χ2v) is 17.0. The van der Waals surface area contributed by atoms with Crippen LogP contribution in [0.3, 0.4) is 0 Å². The van der Waals surface area contributed by atoms with Gasteiger partial charge in [0.2, 0.25) is 0 Å². The maximum absolute atomic E-state index is 13.9. The lowest BCUT2D eigenvalue weighted by molar-refractivity contribution is -0.0504. The van der Waals surface area contributed by atoms with Crippen LogP contribution in [0.4, 0.5) is 26.3 Å². The van der Waals surface area contributed by atoms with E-state index < -0.39 is 42.8 Å². The number of unbranched alkanes of at least 4 members (excludes halogenated alkanes) is 1. The van der Waals surface area contributed by atoms with Crippen molar-refractivity contribution in [1.82, 2.24) is 0 Å². The average molecular weight is 875 g/mol. The van der Waals surface area contributed by atoms with Gasteiger partial charge in [0.05, 0.1) is 28.4 Å². The molecule has 0 amide bonds. The highest BCUT2D eigenvalue weighted by molar-refractivity contribution is 7.88. The van der Waals surface area contributed by atoms with Crippen LogP contribution in [0.2, 0.25) is 0 Å². The molecule has 0 spiro atoms. The van der Waals surface area contributed by atoms with Gasteiger partial charge in [-0.3, -0.25) is 0 Å². The summed E-state index contributed by atoms with van der Waals surface area (Å²) < 4.78 is 166. The highest BCUT2D eigenvalue weighted by atomic mass is 32.2. The van der Waals surface area contributed by atoms with Crippen LogP contribution >= 0.6 is 0 Å². The summed E-state index contributed by atoms with van der Waals surface area (Å²) in [6, 6.07) is 19.6. The summed E-state index contributed by atoms with van der Waals surface area (Å²) in [4.78, 5) is 0. The Morgan fingerprint density at radius 1 is 0.433 bits per heavy atom. The van der Waals surface area contributed by atoms with Crippen molar-refractivity contribution in [2.75, 3.05) is 28.4 Å². The molecule has 0 atom stereocenters. The predicted molar refractivity (Wildman–Crippen MR) is 214 cm³/mol. The highest BCUT2D eigenvalue weighted by Gasteiger charge is 2.50. The first-order valence-electron chi connectivity index (χ1n) is 18.1. The third-order valence-electron chi connectivity index (χ3n) is 10.6. The minimum Gasteiger partial charge on any atom is -0.492 e. The fraction of sp³-hybridized carbons (Fsp3) is 0.238. The van der Waals surface area contributed by atoms with E-state index in [1.165, 1.54) is 52.7 Å². The minimum atomic E-state index is -6.18. The largest absolute Gasteiger partial charge is 0.534 e. The maximum Gasteiger partial charge on any atom is 0.534 e. The molecule has 0 saturated heterocycles. The van der Waals surface area contributed by atoms with Gasteiger partial charge >= 0.3 is 31.3 Å². The standard InChI is InChI=1S/C42H32F6O10S2/c1-53-37-25-13-7-11-21-15-17-27-33(31(21)25)29(39(37)55-3)19-23(35(27)57-59(49,50)41(43,44)45)9-5-6-10-24-20-30-34-28(36(24)58-60(51,52)42(46,47)48)18-16-22-12-8-14-26(32(22)34)38(54-2)40(30)56-4/h7-8,11-20H,5-6,9-10H2,1-4H3. The Labute approximate surface area is 338 Å². The second kappa shape index (κ2) is 14.4. The molecular weight excluding hydrogens is 843 g/mol. The zero-order valence-corrected chi connectivity index (χ0v) is 33.6. The molecule has 0 bridgehead atoms. The topological polar surface area (TPSA) is 124 Å². The minimum absolute atomic E-state index is 0.0344. The van der Waals surface area contributed by atoms with Crippen molar-refractivity contribution in [3.8, 4) is 34.5 Å². The molecule has 0 aromatic heterocycles. The molecule has 0 heterocycles. The van der Waals surface area contributed by atoms with E-state index in [4.69, 9.17) is 27.3 Å². The van der Waals surface area contributed by atoms with Gasteiger partial charge in [0.25, 0.3) is 0 Å². The molecule has 0 aliphatic rings. The summed E-state index contributed by atoms with van der Waals surface area (Å²) in [7, 11) is -6.75. The predicted octanol–water partition coefficient (Wildman–Crippen LogP) is 10.5. The molecule has 0 radical (unpaired) electrons. The van der Waals surface area contributed by atoms with Crippen LogP contribution in [-0.4, -0.2) is 56.3 Å². The van der Waals surface area contributed by atoms with E-state index in [2.05, 4.69) is 0 Å². The fourth-order valence-electron chi connectivity index (χ4n) is 8.22. The summed E-state index contributed by atoms with van der Waals surface area (Å²) in [6.45, 7) is 0. The van der Waals surface area contributed by atoms with Crippen LogP contribution < -0.4 is 27.3 Å². The van der Waals surface area contributed by atoms with Gasteiger partial charge in [-0.1, -0.05) is 48.5 Å². The number of methoxy groups -OCH3 is 4. The summed E-state index contributed by atoms with van der Waals surface area (Å²) in [5, 5.41) is 5.17.